The number of halogens is 8. The van der Waals surface area contributed by atoms with Crippen LogP contribution in [0.5, 0.6) is 11.5 Å². The molecule has 30 heteroatoms. The Morgan fingerprint density at radius 1 is 0.317 bits per heavy atom. The average molecular weight is 1810 g/mol. The first-order valence-corrected chi connectivity index (χ1v) is 44.2. The van der Waals surface area contributed by atoms with Crippen molar-refractivity contribution in [1.29, 1.82) is 26.3 Å². The van der Waals surface area contributed by atoms with Gasteiger partial charge in [-0.15, -0.1) is 90.7 Å². The molecule has 0 unspecified atom stereocenters. The maximum atomic E-state index is 14.4. The molecule has 12 aromatic rings. The number of fused-ring (bicyclic) bond motifs is 16. The number of hydrogen-bond acceptors (Lipinski definition) is 19. The van der Waals surface area contributed by atoms with Gasteiger partial charge in [0.25, 0.3) is 5.70 Å². The third-order valence-corrected chi connectivity index (χ3v) is 33.1. The molecule has 8 aliphatic rings. The number of benzene rings is 4. The first-order chi connectivity index (χ1) is 60.0. The fourth-order valence-electron chi connectivity index (χ4n) is 17.2. The van der Waals surface area contributed by atoms with Gasteiger partial charge in [0, 0.05) is 142 Å². The van der Waals surface area contributed by atoms with Crippen molar-refractivity contribution in [3.8, 4) is 100 Å². The van der Waals surface area contributed by atoms with Crippen molar-refractivity contribution in [3.05, 3.63) is 320 Å². The molecule has 0 N–H and O–H groups in total. The Kier molecular flexibility index (Phi) is 18.7. The number of carbonyl (C=O) groups excluding carboxylic acids is 4. The molecule has 2 aliphatic heterocycles. The number of hydrogen-bond donors (Lipinski definition) is 0. The van der Waals surface area contributed by atoms with Crippen molar-refractivity contribution in [2.75, 3.05) is 0 Å². The smallest absolute Gasteiger partial charge is 0.482 e. The minimum Gasteiger partial charge on any atom is -0.482 e. The first kappa shape index (κ1) is 81.7. The topological polar surface area (TPSA) is 219 Å². The van der Waals surface area contributed by atoms with Crippen molar-refractivity contribution in [1.82, 2.24) is 0 Å². The highest BCUT2D eigenvalue weighted by molar-refractivity contribution is 7.30. The Hall–Kier alpha value is -14.0. The SMILES string of the molecule is [C-]#[N+]C(C#N)=C1/C(=C/c2cc3c(s2)-c2sc(-c4cc5c(s4)-c4sc(/C=C6\C(=O)c7cc(F)c(F)cc7C6=C(C#N)C#N)cc4C5(C)C)cc2C3(C)C)C(=O)c2cc(F)c(F)cc21.[C-]#[N+]C([N+]#[C-])=C1/C(=C/c2cc3c(s2)-c2sc(-c4cc5c(s4)-c4sc(/C=C6\C(=O)c7cc(F)c(F)cc7C6=C(C#N)C#N)cc4OC5(C)C)cc2C(C)(C)O3)C(=O)c2cc(F)c(F)cc21. The van der Waals surface area contributed by atoms with E-state index in [0.29, 0.717) is 31.0 Å². The molecule has 0 saturated carbocycles. The second-order valence-electron chi connectivity index (χ2n) is 32.0. The fraction of sp³-hybridized carbons (Fsp3) is 0.125. The molecule has 4 aromatic carbocycles. The molecule has 8 aromatic heterocycles. The molecule has 20 rings (SSSR count). The minimum absolute atomic E-state index is 0.00408. The summed E-state index contributed by atoms with van der Waals surface area (Å²) in [5, 5.41) is 48.8. The third kappa shape index (κ3) is 12.2. The second-order valence-corrected chi connectivity index (χ2v) is 40.5. The Morgan fingerprint density at radius 2 is 0.571 bits per heavy atom. The van der Waals surface area contributed by atoms with Gasteiger partial charge in [-0.3, -0.25) is 19.2 Å². The van der Waals surface area contributed by atoms with Gasteiger partial charge in [0.1, 0.15) is 71.3 Å². The minimum atomic E-state index is -1.23. The Bertz CT molecular complexity index is 7440. The van der Waals surface area contributed by atoms with Gasteiger partial charge in [0.05, 0.1) is 37.7 Å². The number of Topliss-reactive ketones (excluding diaryl/α,β-unsaturated/α-hetero) is 4. The summed E-state index contributed by atoms with van der Waals surface area (Å²) in [6, 6.07) is 31.6. The van der Waals surface area contributed by atoms with Crippen LogP contribution in [0.3, 0.4) is 0 Å². The van der Waals surface area contributed by atoms with E-state index in [1.807, 2.05) is 45.9 Å². The molecule has 0 amide bonds. The monoisotopic (exact) mass is 1810 g/mol. The number of carbonyl (C=O) groups is 4. The second kappa shape index (κ2) is 28.8. The molecule has 0 saturated heterocycles. The molecule has 14 nitrogen and oxygen atoms in total. The normalized spacial score (nSPS) is 17.4. The quantitative estimate of drug-likeness (QED) is 0.0660. The van der Waals surface area contributed by atoms with Crippen molar-refractivity contribution >= 4 is 160 Å². The highest BCUT2D eigenvalue weighted by Crippen LogP contribution is 2.64. The number of thiophene rings is 8. The Balaban J connectivity index is 0.000000165. The molecule has 126 heavy (non-hydrogen) atoms. The van der Waals surface area contributed by atoms with Crippen molar-refractivity contribution in [3.63, 3.8) is 0 Å². The van der Waals surface area contributed by atoms with Gasteiger partial charge in [-0.1, -0.05) is 27.7 Å². The average Bonchev–Trinajstić information content (AvgIpc) is 1.54. The van der Waals surface area contributed by atoms with E-state index in [1.54, 1.807) is 93.9 Å². The highest BCUT2D eigenvalue weighted by atomic mass is 32.1. The predicted molar refractivity (Wildman–Crippen MR) is 470 cm³/mol. The van der Waals surface area contributed by atoms with Crippen molar-refractivity contribution in [2.24, 2.45) is 0 Å². The Labute approximate surface area is 742 Å². The van der Waals surface area contributed by atoms with Crippen LogP contribution in [-0.4, -0.2) is 23.1 Å². The van der Waals surface area contributed by atoms with E-state index >= 15 is 0 Å². The standard InChI is InChI=1S/C48H22F4N4O4S4.C48H22F4N4O2S4/c1-47(2)28-15-36(63-42(28)44-34(59-47)9-20(61-44)7-26-38(19(17-53)18-54)22-11-30(49)32(51)13-24(22)40(26)57)37-16-29-43(64-37)45-35(60-48(29,3)4)10-21(62-45)8-27-39(46(55-5)56-6)23-12-31(50)33(52)14-25(23)41(27)58;1-47(2)28-8-20(6-26-39(19(16-53)17-54)22-10-32(49)34(51)12-24(22)41(26)57)59-43(28)45-30(47)14-37(61-45)38-15-31-46(62-38)44-29(48(31,3)4)9-21(60-44)7-27-40(36(18-55)56-5)23-11-33(50)35(52)13-25(23)42(27)58/h7-16H,1-4H3;6-15H,1-4H3/b26-7-,27-8-;26-6-,27-7-,40-36?. The zero-order chi connectivity index (χ0) is 89.2. The van der Waals surface area contributed by atoms with E-state index < -0.39 is 103 Å². The number of nitriles is 5. The van der Waals surface area contributed by atoms with Crippen LogP contribution in [0, 0.1) is 123 Å². The zero-order valence-electron chi connectivity index (χ0n) is 65.9. The third-order valence-electron chi connectivity index (χ3n) is 23.2. The summed E-state index contributed by atoms with van der Waals surface area (Å²) >= 11 is 12.0. The number of ketones is 4. The van der Waals surface area contributed by atoms with E-state index in [-0.39, 0.29) is 100 Å². The Morgan fingerprint density at radius 3 is 0.881 bits per heavy atom. The van der Waals surface area contributed by atoms with E-state index in [4.69, 9.17) is 29.2 Å². The van der Waals surface area contributed by atoms with Gasteiger partial charge >= 0.3 is 5.82 Å². The number of rotatable bonds is 6. The lowest BCUT2D eigenvalue weighted by molar-refractivity contribution is 0.103. The van der Waals surface area contributed by atoms with Crippen LogP contribution in [0.4, 0.5) is 35.1 Å². The van der Waals surface area contributed by atoms with Gasteiger partial charge in [-0.25, -0.2) is 45.2 Å². The van der Waals surface area contributed by atoms with E-state index in [0.717, 1.165) is 140 Å². The molecule has 0 atom stereocenters. The van der Waals surface area contributed by atoms with Gasteiger partial charge in [0.15, 0.2) is 69.7 Å². The van der Waals surface area contributed by atoms with Crippen LogP contribution in [0.1, 0.15) is 172 Å². The molecule has 608 valence electrons. The predicted octanol–water partition coefficient (Wildman–Crippen LogP) is 26.9. The van der Waals surface area contributed by atoms with Crippen LogP contribution >= 0.6 is 90.7 Å². The lowest BCUT2D eigenvalue weighted by Crippen LogP contribution is -2.27. The fourth-order valence-corrected chi connectivity index (χ4v) is 27.8. The molecular weight excluding hydrogens is 1770 g/mol. The molecule has 0 fully saturated rings. The summed E-state index contributed by atoms with van der Waals surface area (Å²) in [6.07, 6.45) is 6.23. The van der Waals surface area contributed by atoms with Gasteiger partial charge in [-0.2, -0.15) is 30.7 Å². The summed E-state index contributed by atoms with van der Waals surface area (Å²) in [7, 11) is 0. The first-order valence-electron chi connectivity index (χ1n) is 37.7. The molecule has 0 radical (unpaired) electrons. The molecule has 10 heterocycles. The van der Waals surface area contributed by atoms with E-state index in [2.05, 4.69) is 66.5 Å². The summed E-state index contributed by atoms with van der Waals surface area (Å²) in [4.78, 5) is 78.5. The maximum absolute atomic E-state index is 14.4. The molecule has 0 spiro atoms. The van der Waals surface area contributed by atoms with Crippen LogP contribution in [0.15, 0.2) is 142 Å². The molecule has 0 bridgehead atoms. The highest BCUT2D eigenvalue weighted by Gasteiger charge is 2.47. The van der Waals surface area contributed by atoms with Crippen molar-refractivity contribution < 1.29 is 63.8 Å². The zero-order valence-corrected chi connectivity index (χ0v) is 72.4. The van der Waals surface area contributed by atoms with Gasteiger partial charge in [0.2, 0.25) is 0 Å². The maximum Gasteiger partial charge on any atom is 0.528 e. The largest absolute Gasteiger partial charge is 0.528 e. The summed E-state index contributed by atoms with van der Waals surface area (Å²) in [5.41, 5.74) is 1.94. The lowest BCUT2D eigenvalue weighted by Gasteiger charge is -2.31. The molecule has 6 aliphatic carbocycles. The van der Waals surface area contributed by atoms with Crippen LogP contribution in [0.25, 0.3) is 120 Å². The van der Waals surface area contributed by atoms with E-state index in [9.17, 15) is 80.6 Å². The lowest BCUT2D eigenvalue weighted by atomic mass is 9.83. The summed E-state index contributed by atoms with van der Waals surface area (Å²) in [5.74, 6) is -11.4. The summed E-state index contributed by atoms with van der Waals surface area (Å²) < 4.78 is 128. The number of nitrogens with zero attached hydrogens (tertiary/aromatic N) is 8. The van der Waals surface area contributed by atoms with Crippen LogP contribution in [0.2, 0.25) is 0 Å². The number of ether oxygens (including phenoxy) is 2. The van der Waals surface area contributed by atoms with E-state index in [1.165, 1.54) is 57.5 Å². The van der Waals surface area contributed by atoms with Crippen molar-refractivity contribution in [2.45, 2.75) is 77.4 Å². The van der Waals surface area contributed by atoms with Crippen LogP contribution in [-0.2, 0) is 22.0 Å². The molecular formula is C96H44F8N8O6S8. The summed E-state index contributed by atoms with van der Waals surface area (Å²) in [6.45, 7) is 39.0. The van der Waals surface area contributed by atoms with Crippen LogP contribution < -0.4 is 9.47 Å². The van der Waals surface area contributed by atoms with Gasteiger partial charge in [-0.05, 0) is 194 Å². The number of allylic oxidation sites excluding steroid dienone is 11. The van der Waals surface area contributed by atoms with Gasteiger partial charge < -0.3 is 9.47 Å².